The minimum atomic E-state index is -0.412. The highest BCUT2D eigenvalue weighted by molar-refractivity contribution is 5.99. The van der Waals surface area contributed by atoms with Gasteiger partial charge < -0.3 is 9.84 Å². The summed E-state index contributed by atoms with van der Waals surface area (Å²) in [5.41, 5.74) is 3.55. The first-order valence-electron chi connectivity index (χ1n) is 7.45. The maximum Gasteiger partial charge on any atom is 0.163 e. The Morgan fingerprint density at radius 2 is 2.05 bits per heavy atom. The van der Waals surface area contributed by atoms with Crippen LogP contribution < -0.4 is 0 Å². The summed E-state index contributed by atoms with van der Waals surface area (Å²) in [5.74, 6) is 0.835. The fourth-order valence-corrected chi connectivity index (χ4v) is 2.76. The predicted octanol–water partition coefficient (Wildman–Crippen LogP) is 4.70. The van der Waals surface area contributed by atoms with Crippen LogP contribution in [0.4, 0.5) is 0 Å². The van der Waals surface area contributed by atoms with Gasteiger partial charge in [-0.25, -0.2) is 0 Å². The average Bonchev–Trinajstić information content (AvgIpc) is 2.75. The Kier molecular flexibility index (Phi) is 4.55. The lowest BCUT2D eigenvalue weighted by molar-refractivity contribution is -0.113. The molecule has 1 aliphatic rings. The smallest absolute Gasteiger partial charge is 0.163 e. The van der Waals surface area contributed by atoms with E-state index in [9.17, 15) is 9.90 Å². The molecule has 1 aromatic rings. The molecule has 2 rings (SSSR count). The van der Waals surface area contributed by atoms with Crippen molar-refractivity contribution in [2.45, 2.75) is 39.7 Å². The molecule has 0 aliphatic carbocycles. The van der Waals surface area contributed by atoms with Gasteiger partial charge in [-0.3, -0.25) is 4.79 Å². The molecule has 1 aliphatic heterocycles. The van der Waals surface area contributed by atoms with E-state index in [4.69, 9.17) is 4.74 Å². The summed E-state index contributed by atoms with van der Waals surface area (Å²) in [6.07, 6.45) is 1.19. The highest BCUT2D eigenvalue weighted by Crippen LogP contribution is 2.43. The average molecular weight is 298 g/mol. The van der Waals surface area contributed by atoms with Crippen molar-refractivity contribution in [2.75, 3.05) is 0 Å². The third kappa shape index (κ3) is 2.84. The molecule has 0 saturated heterocycles. The quantitative estimate of drug-likeness (QED) is 0.857. The number of benzene rings is 1. The van der Waals surface area contributed by atoms with Crippen molar-refractivity contribution in [1.29, 1.82) is 0 Å². The van der Waals surface area contributed by atoms with Crippen molar-refractivity contribution in [3.05, 3.63) is 59.4 Å². The Morgan fingerprint density at radius 1 is 1.36 bits per heavy atom. The number of Topliss-reactive ketones (excluding diaryl/α,β-unsaturated/α-hetero) is 1. The van der Waals surface area contributed by atoms with Crippen LogP contribution in [0.15, 0.2) is 48.3 Å². The lowest BCUT2D eigenvalue weighted by Gasteiger charge is -2.16. The van der Waals surface area contributed by atoms with Gasteiger partial charge in [-0.15, -0.1) is 0 Å². The maximum absolute atomic E-state index is 11.9. The number of phenols is 1. The van der Waals surface area contributed by atoms with E-state index in [2.05, 4.69) is 13.2 Å². The normalized spacial score (nSPS) is 17.6. The second-order valence-corrected chi connectivity index (χ2v) is 5.68. The van der Waals surface area contributed by atoms with Crippen molar-refractivity contribution in [1.82, 2.24) is 0 Å². The molecule has 0 spiro atoms. The molecule has 116 valence electrons. The summed E-state index contributed by atoms with van der Waals surface area (Å²) in [6, 6.07) is 5.35. The van der Waals surface area contributed by atoms with Gasteiger partial charge in [0.15, 0.2) is 5.78 Å². The molecular weight excluding hydrogens is 276 g/mol. The van der Waals surface area contributed by atoms with Crippen molar-refractivity contribution in [3.8, 4) is 5.75 Å². The number of hydrogen-bond acceptors (Lipinski definition) is 3. The van der Waals surface area contributed by atoms with E-state index in [1.807, 2.05) is 26.0 Å². The van der Waals surface area contributed by atoms with Gasteiger partial charge in [0, 0.05) is 23.1 Å². The van der Waals surface area contributed by atoms with E-state index in [0.29, 0.717) is 28.9 Å². The van der Waals surface area contributed by atoms with Crippen molar-refractivity contribution in [3.63, 3.8) is 0 Å². The van der Waals surface area contributed by atoms with Crippen LogP contribution in [-0.2, 0) is 9.53 Å². The molecule has 1 aromatic carbocycles. The van der Waals surface area contributed by atoms with Gasteiger partial charge in [-0.05, 0) is 31.9 Å². The van der Waals surface area contributed by atoms with Crippen LogP contribution in [0.1, 0.15) is 50.8 Å². The molecule has 0 aromatic heterocycles. The highest BCUT2D eigenvalue weighted by Gasteiger charge is 2.33. The Balaban J connectivity index is 2.36. The molecule has 0 fully saturated rings. The second-order valence-electron chi connectivity index (χ2n) is 5.68. The standard InChI is InChI=1S/C19H22O3/c1-6-7-17-18(13(5)20)12(4)19(22-17)14-8-9-15(11(2)3)16(21)10-14/h8-10,19,21H,2,4,6-7H2,1,3,5H3. The first kappa shape index (κ1) is 16.1. The summed E-state index contributed by atoms with van der Waals surface area (Å²) in [6.45, 7) is 13.3. The van der Waals surface area contributed by atoms with Crippen LogP contribution in [0.5, 0.6) is 5.75 Å². The molecule has 1 atom stereocenters. The van der Waals surface area contributed by atoms with E-state index in [0.717, 1.165) is 17.6 Å². The van der Waals surface area contributed by atoms with Crippen molar-refractivity contribution in [2.24, 2.45) is 0 Å². The zero-order valence-electron chi connectivity index (χ0n) is 13.4. The molecule has 22 heavy (non-hydrogen) atoms. The number of ketones is 1. The molecule has 1 N–H and O–H groups in total. The van der Waals surface area contributed by atoms with Crippen LogP contribution >= 0.6 is 0 Å². The SMILES string of the molecule is C=C(C)c1ccc(C2OC(CCC)=C(C(C)=O)C2=C)cc1O. The number of carbonyl (C=O) groups excluding carboxylic acids is 1. The van der Waals surface area contributed by atoms with E-state index in [1.165, 1.54) is 6.92 Å². The number of allylic oxidation sites excluding steroid dienone is 2. The zero-order valence-corrected chi connectivity index (χ0v) is 13.4. The molecule has 3 heteroatoms. The number of hydrogen-bond donors (Lipinski definition) is 1. The van der Waals surface area contributed by atoms with E-state index in [-0.39, 0.29) is 11.5 Å². The first-order chi connectivity index (χ1) is 10.4. The number of aromatic hydroxyl groups is 1. The Hall–Kier alpha value is -2.29. The summed E-state index contributed by atoms with van der Waals surface area (Å²) in [5, 5.41) is 10.1. The summed E-state index contributed by atoms with van der Waals surface area (Å²) in [4.78, 5) is 11.9. The number of rotatable bonds is 5. The predicted molar refractivity (Wildman–Crippen MR) is 88.4 cm³/mol. The largest absolute Gasteiger partial charge is 0.507 e. The van der Waals surface area contributed by atoms with Gasteiger partial charge in [0.25, 0.3) is 0 Å². The van der Waals surface area contributed by atoms with Gasteiger partial charge in [0.2, 0.25) is 0 Å². The van der Waals surface area contributed by atoms with Gasteiger partial charge in [0.05, 0.1) is 5.57 Å². The minimum Gasteiger partial charge on any atom is -0.507 e. The molecule has 1 unspecified atom stereocenters. The van der Waals surface area contributed by atoms with Crippen molar-refractivity contribution >= 4 is 11.4 Å². The minimum absolute atomic E-state index is 0.0290. The lowest BCUT2D eigenvalue weighted by Crippen LogP contribution is -2.03. The molecule has 0 bridgehead atoms. The molecule has 3 nitrogen and oxygen atoms in total. The third-order valence-electron chi connectivity index (χ3n) is 3.79. The highest BCUT2D eigenvalue weighted by atomic mass is 16.5. The Bertz CT molecular complexity index is 680. The van der Waals surface area contributed by atoms with Crippen molar-refractivity contribution < 1.29 is 14.6 Å². The van der Waals surface area contributed by atoms with Gasteiger partial charge >= 0.3 is 0 Å². The summed E-state index contributed by atoms with van der Waals surface area (Å²) >= 11 is 0. The van der Waals surface area contributed by atoms with E-state index >= 15 is 0 Å². The zero-order chi connectivity index (χ0) is 16.4. The first-order valence-corrected chi connectivity index (χ1v) is 7.45. The second kappa shape index (κ2) is 6.22. The molecular formula is C19H22O3. The van der Waals surface area contributed by atoms with Gasteiger partial charge in [-0.2, -0.15) is 0 Å². The summed E-state index contributed by atoms with van der Waals surface area (Å²) in [7, 11) is 0. The topological polar surface area (TPSA) is 46.5 Å². The number of carbonyl (C=O) groups is 1. The van der Waals surface area contributed by atoms with Crippen LogP contribution in [0.25, 0.3) is 5.57 Å². The van der Waals surface area contributed by atoms with Crippen LogP contribution in [0.2, 0.25) is 0 Å². The fraction of sp³-hybridized carbons (Fsp3) is 0.316. The van der Waals surface area contributed by atoms with Gasteiger partial charge in [-0.1, -0.05) is 32.2 Å². The fourth-order valence-electron chi connectivity index (χ4n) is 2.76. The molecule has 0 amide bonds. The number of phenolic OH excluding ortho intramolecular Hbond substituents is 1. The maximum atomic E-state index is 11.9. The van der Waals surface area contributed by atoms with Gasteiger partial charge in [0.1, 0.15) is 17.6 Å². The van der Waals surface area contributed by atoms with Crippen LogP contribution in [0.3, 0.4) is 0 Å². The monoisotopic (exact) mass is 298 g/mol. The Labute approximate surface area is 131 Å². The van der Waals surface area contributed by atoms with E-state index < -0.39 is 6.10 Å². The van der Waals surface area contributed by atoms with Crippen LogP contribution in [-0.4, -0.2) is 10.9 Å². The molecule has 1 heterocycles. The summed E-state index contributed by atoms with van der Waals surface area (Å²) < 4.78 is 5.96. The lowest BCUT2D eigenvalue weighted by atomic mass is 9.94. The van der Waals surface area contributed by atoms with E-state index in [1.54, 1.807) is 6.07 Å². The Morgan fingerprint density at radius 3 is 2.55 bits per heavy atom. The molecule has 0 radical (unpaired) electrons. The molecule has 0 saturated carbocycles. The van der Waals surface area contributed by atoms with Crippen LogP contribution in [0, 0.1) is 0 Å². The number of ether oxygens (including phenoxy) is 1. The third-order valence-corrected chi connectivity index (χ3v) is 3.79.